The van der Waals surface area contributed by atoms with Gasteiger partial charge in [0.25, 0.3) is 0 Å². The Morgan fingerprint density at radius 2 is 1.88 bits per heavy atom. The number of carboxylic acid groups (broad SMARTS) is 1. The summed E-state index contributed by atoms with van der Waals surface area (Å²) in [5.74, 6) is -1.00. The lowest BCUT2D eigenvalue weighted by molar-refractivity contribution is -0.138. The van der Waals surface area contributed by atoms with Crippen LogP contribution in [0.15, 0.2) is 0 Å². The SMILES string of the molecule is COC(C)C(CC(=O)O)NC(=O)OC(C)(C)C. The number of ether oxygens (including phenoxy) is 2. The molecule has 0 aliphatic carbocycles. The van der Waals surface area contributed by atoms with Crippen LogP contribution >= 0.6 is 0 Å². The minimum atomic E-state index is -1.00. The van der Waals surface area contributed by atoms with Crippen LogP contribution in [0.2, 0.25) is 0 Å². The summed E-state index contributed by atoms with van der Waals surface area (Å²) in [6.45, 7) is 6.89. The Balaban J connectivity index is 4.42. The van der Waals surface area contributed by atoms with Gasteiger partial charge in [-0.15, -0.1) is 0 Å². The normalized spacial score (nSPS) is 14.9. The molecule has 2 unspecified atom stereocenters. The number of hydrogen-bond donors (Lipinski definition) is 2. The van der Waals surface area contributed by atoms with Gasteiger partial charge in [-0.2, -0.15) is 0 Å². The van der Waals surface area contributed by atoms with Crippen molar-refractivity contribution in [2.75, 3.05) is 7.11 Å². The summed E-state index contributed by atoms with van der Waals surface area (Å²) in [4.78, 5) is 22.1. The van der Waals surface area contributed by atoms with E-state index in [4.69, 9.17) is 14.6 Å². The van der Waals surface area contributed by atoms with Gasteiger partial charge < -0.3 is 19.9 Å². The number of carbonyl (C=O) groups is 2. The first-order chi connectivity index (χ1) is 7.65. The molecular formula is C11H21NO5. The zero-order valence-electron chi connectivity index (χ0n) is 10.9. The van der Waals surface area contributed by atoms with Crippen molar-refractivity contribution in [3.63, 3.8) is 0 Å². The van der Waals surface area contributed by atoms with Crippen LogP contribution in [0.5, 0.6) is 0 Å². The average Bonchev–Trinajstić information content (AvgIpc) is 2.11. The molecule has 0 radical (unpaired) electrons. The van der Waals surface area contributed by atoms with Crippen molar-refractivity contribution in [2.24, 2.45) is 0 Å². The zero-order valence-corrected chi connectivity index (χ0v) is 10.9. The van der Waals surface area contributed by atoms with Gasteiger partial charge in [-0.05, 0) is 27.7 Å². The molecule has 0 heterocycles. The molecule has 0 aromatic heterocycles. The van der Waals surface area contributed by atoms with Crippen LogP contribution in [0.4, 0.5) is 4.79 Å². The second-order valence-corrected chi connectivity index (χ2v) is 4.79. The van der Waals surface area contributed by atoms with E-state index >= 15 is 0 Å². The summed E-state index contributed by atoms with van der Waals surface area (Å²) in [7, 11) is 1.45. The highest BCUT2D eigenvalue weighted by molar-refractivity contribution is 5.71. The van der Waals surface area contributed by atoms with Crippen LogP contribution in [-0.2, 0) is 14.3 Å². The predicted octanol–water partition coefficient (Wildman–Crippen LogP) is 1.39. The van der Waals surface area contributed by atoms with Gasteiger partial charge >= 0.3 is 12.1 Å². The van der Waals surface area contributed by atoms with E-state index in [0.29, 0.717) is 0 Å². The van der Waals surface area contributed by atoms with Gasteiger partial charge in [0.1, 0.15) is 5.60 Å². The van der Waals surface area contributed by atoms with Gasteiger partial charge in [-0.3, -0.25) is 4.79 Å². The monoisotopic (exact) mass is 247 g/mol. The van der Waals surface area contributed by atoms with Gasteiger partial charge in [-0.1, -0.05) is 0 Å². The van der Waals surface area contributed by atoms with Crippen molar-refractivity contribution >= 4 is 12.1 Å². The number of carbonyl (C=O) groups excluding carboxylic acids is 1. The first-order valence-corrected chi connectivity index (χ1v) is 5.40. The van der Waals surface area contributed by atoms with Crippen LogP contribution in [-0.4, -0.2) is 42.0 Å². The second-order valence-electron chi connectivity index (χ2n) is 4.79. The molecule has 2 N–H and O–H groups in total. The van der Waals surface area contributed by atoms with Crippen LogP contribution in [0.3, 0.4) is 0 Å². The molecule has 2 atom stereocenters. The zero-order chi connectivity index (χ0) is 13.6. The topological polar surface area (TPSA) is 84.9 Å². The summed E-state index contributed by atoms with van der Waals surface area (Å²) >= 11 is 0. The molecule has 0 aliphatic rings. The highest BCUT2D eigenvalue weighted by atomic mass is 16.6. The van der Waals surface area contributed by atoms with Crippen LogP contribution < -0.4 is 5.32 Å². The fourth-order valence-corrected chi connectivity index (χ4v) is 1.15. The standard InChI is InChI=1S/C11H21NO5/c1-7(16-5)8(6-9(13)14)12-10(15)17-11(2,3)4/h7-8H,6H2,1-5H3,(H,12,15)(H,13,14). The molecule has 0 aliphatic heterocycles. The van der Waals surface area contributed by atoms with Crippen molar-refractivity contribution in [2.45, 2.75) is 51.9 Å². The molecule has 0 aromatic carbocycles. The van der Waals surface area contributed by atoms with E-state index in [-0.39, 0.29) is 6.42 Å². The summed E-state index contributed by atoms with van der Waals surface area (Å²) in [5.41, 5.74) is -0.617. The third-order valence-electron chi connectivity index (χ3n) is 2.04. The van der Waals surface area contributed by atoms with Crippen molar-refractivity contribution < 1.29 is 24.2 Å². The maximum atomic E-state index is 11.5. The smallest absolute Gasteiger partial charge is 0.407 e. The van der Waals surface area contributed by atoms with Gasteiger partial charge in [0.05, 0.1) is 18.6 Å². The minimum absolute atomic E-state index is 0.214. The van der Waals surface area contributed by atoms with Crippen LogP contribution in [0.25, 0.3) is 0 Å². The number of nitrogens with one attached hydrogen (secondary N) is 1. The third-order valence-corrected chi connectivity index (χ3v) is 2.04. The molecular weight excluding hydrogens is 226 g/mol. The van der Waals surface area contributed by atoms with E-state index in [1.54, 1.807) is 27.7 Å². The number of hydrogen-bond acceptors (Lipinski definition) is 4. The highest BCUT2D eigenvalue weighted by Crippen LogP contribution is 2.09. The number of alkyl carbamates (subject to hydrolysis) is 1. The molecule has 100 valence electrons. The van der Waals surface area contributed by atoms with Crippen LogP contribution in [0, 0.1) is 0 Å². The minimum Gasteiger partial charge on any atom is -0.481 e. The van der Waals surface area contributed by atoms with E-state index in [9.17, 15) is 9.59 Å². The van der Waals surface area contributed by atoms with E-state index in [1.165, 1.54) is 7.11 Å². The number of aliphatic carboxylic acids is 1. The quantitative estimate of drug-likeness (QED) is 0.766. The first-order valence-electron chi connectivity index (χ1n) is 5.40. The largest absolute Gasteiger partial charge is 0.481 e. The summed E-state index contributed by atoms with van der Waals surface area (Å²) in [6.07, 6.45) is -1.26. The second kappa shape index (κ2) is 6.44. The Kier molecular flexibility index (Phi) is 5.95. The molecule has 0 spiro atoms. The molecule has 0 saturated heterocycles. The number of carboxylic acids is 1. The molecule has 0 bridgehead atoms. The Labute approximate surface area is 101 Å². The molecule has 17 heavy (non-hydrogen) atoms. The number of amides is 1. The number of rotatable bonds is 5. The lowest BCUT2D eigenvalue weighted by Gasteiger charge is -2.25. The molecule has 1 amide bonds. The Bertz CT molecular complexity index is 272. The molecule has 0 saturated carbocycles. The van der Waals surface area contributed by atoms with Crippen molar-refractivity contribution in [3.8, 4) is 0 Å². The maximum absolute atomic E-state index is 11.5. The third kappa shape index (κ3) is 7.57. The first kappa shape index (κ1) is 15.7. The van der Waals surface area contributed by atoms with Crippen molar-refractivity contribution in [1.29, 1.82) is 0 Å². The van der Waals surface area contributed by atoms with Gasteiger partial charge in [0.15, 0.2) is 0 Å². The summed E-state index contributed by atoms with van der Waals surface area (Å²) < 4.78 is 10.1. The molecule has 0 rings (SSSR count). The van der Waals surface area contributed by atoms with Crippen LogP contribution in [0.1, 0.15) is 34.1 Å². The Morgan fingerprint density at radius 3 is 2.24 bits per heavy atom. The van der Waals surface area contributed by atoms with Gasteiger partial charge in [-0.25, -0.2) is 4.79 Å². The lowest BCUT2D eigenvalue weighted by Crippen LogP contribution is -2.46. The molecule has 0 fully saturated rings. The van der Waals surface area contributed by atoms with E-state index in [1.807, 2.05) is 0 Å². The Hall–Kier alpha value is -1.30. The number of methoxy groups -OCH3 is 1. The van der Waals surface area contributed by atoms with Crippen molar-refractivity contribution in [3.05, 3.63) is 0 Å². The lowest BCUT2D eigenvalue weighted by atomic mass is 10.1. The fourth-order valence-electron chi connectivity index (χ4n) is 1.15. The molecule has 0 aromatic rings. The maximum Gasteiger partial charge on any atom is 0.407 e. The van der Waals surface area contributed by atoms with E-state index < -0.39 is 29.8 Å². The summed E-state index contributed by atoms with van der Waals surface area (Å²) in [5, 5.41) is 11.2. The van der Waals surface area contributed by atoms with Gasteiger partial charge in [0.2, 0.25) is 0 Å². The molecule has 6 nitrogen and oxygen atoms in total. The average molecular weight is 247 g/mol. The van der Waals surface area contributed by atoms with Gasteiger partial charge in [0, 0.05) is 7.11 Å². The van der Waals surface area contributed by atoms with E-state index in [0.717, 1.165) is 0 Å². The van der Waals surface area contributed by atoms with Crippen molar-refractivity contribution in [1.82, 2.24) is 5.32 Å². The van der Waals surface area contributed by atoms with E-state index in [2.05, 4.69) is 5.32 Å². The highest BCUT2D eigenvalue weighted by Gasteiger charge is 2.25. The fraction of sp³-hybridized carbons (Fsp3) is 0.818. The molecule has 6 heteroatoms. The summed E-state index contributed by atoms with van der Waals surface area (Å²) in [6, 6.07) is -0.618. The Morgan fingerprint density at radius 1 is 1.35 bits per heavy atom. The predicted molar refractivity (Wildman–Crippen MR) is 61.9 cm³/mol.